The summed E-state index contributed by atoms with van der Waals surface area (Å²) < 4.78 is 19.0. The molecule has 1 atom stereocenters. The lowest BCUT2D eigenvalue weighted by atomic mass is 10.1. The maximum atomic E-state index is 13.7. The van der Waals surface area contributed by atoms with Crippen LogP contribution in [0, 0.1) is 5.82 Å². The summed E-state index contributed by atoms with van der Waals surface area (Å²) in [7, 11) is 0. The van der Waals surface area contributed by atoms with Crippen molar-refractivity contribution < 1.29 is 19.0 Å². The van der Waals surface area contributed by atoms with Gasteiger partial charge < -0.3 is 14.7 Å². The Morgan fingerprint density at radius 2 is 2.22 bits per heavy atom. The number of aliphatic hydroxyl groups excluding tert-OH is 1. The molecule has 1 aliphatic rings. The second kappa shape index (κ2) is 5.93. The van der Waals surface area contributed by atoms with Crippen LogP contribution in [0.3, 0.4) is 0 Å². The van der Waals surface area contributed by atoms with Crippen LogP contribution in [0.4, 0.5) is 10.1 Å². The Morgan fingerprint density at radius 1 is 1.44 bits per heavy atom. The minimum Gasteiger partial charge on any atom is -0.396 e. The van der Waals surface area contributed by atoms with Crippen molar-refractivity contribution in [3.8, 4) is 0 Å². The fraction of sp³-hybridized carbons (Fsp3) is 0.462. The topological polar surface area (TPSA) is 49.8 Å². The first-order chi connectivity index (χ1) is 8.74. The van der Waals surface area contributed by atoms with Crippen molar-refractivity contribution in [2.75, 3.05) is 24.7 Å². The normalized spacial score (nSPS) is 20.2. The Bertz CT molecular complexity index is 424. The van der Waals surface area contributed by atoms with Crippen molar-refractivity contribution in [3.63, 3.8) is 0 Å². The minimum atomic E-state index is -0.578. The Hall–Kier alpha value is -1.46. The minimum absolute atomic E-state index is 0.0207. The van der Waals surface area contributed by atoms with E-state index in [4.69, 9.17) is 9.84 Å². The number of benzene rings is 1. The molecule has 0 aliphatic carbocycles. The second-order valence-corrected chi connectivity index (χ2v) is 4.17. The Balaban J connectivity index is 2.14. The highest BCUT2D eigenvalue weighted by atomic mass is 19.1. The molecule has 0 radical (unpaired) electrons. The summed E-state index contributed by atoms with van der Waals surface area (Å²) in [5, 5.41) is 8.77. The van der Waals surface area contributed by atoms with Gasteiger partial charge in [-0.15, -0.1) is 0 Å². The molecule has 1 aromatic carbocycles. The Morgan fingerprint density at radius 3 is 2.94 bits per heavy atom. The standard InChI is InChI=1S/C13H16FNO3/c14-10-4-1-2-5-11(10)15-7-9-18-12(13(15)17)6-3-8-16/h1-2,4-5,12,16H,3,6-9H2. The van der Waals surface area contributed by atoms with Gasteiger partial charge in [-0.05, 0) is 25.0 Å². The third-order valence-electron chi connectivity index (χ3n) is 2.94. The quantitative estimate of drug-likeness (QED) is 0.880. The van der Waals surface area contributed by atoms with Gasteiger partial charge >= 0.3 is 0 Å². The molecule has 0 spiro atoms. The van der Waals surface area contributed by atoms with E-state index in [-0.39, 0.29) is 12.5 Å². The van der Waals surface area contributed by atoms with Gasteiger partial charge in [0, 0.05) is 13.2 Å². The number of aliphatic hydroxyl groups is 1. The summed E-state index contributed by atoms with van der Waals surface area (Å²) in [5.74, 6) is -0.645. The third kappa shape index (κ3) is 2.68. The van der Waals surface area contributed by atoms with Crippen LogP contribution in [0.1, 0.15) is 12.8 Å². The van der Waals surface area contributed by atoms with Crippen molar-refractivity contribution in [3.05, 3.63) is 30.1 Å². The molecule has 0 bridgehead atoms. The second-order valence-electron chi connectivity index (χ2n) is 4.17. The molecular formula is C13H16FNO3. The van der Waals surface area contributed by atoms with E-state index in [1.54, 1.807) is 18.2 Å². The van der Waals surface area contributed by atoms with Gasteiger partial charge in [0.15, 0.2) is 0 Å². The lowest BCUT2D eigenvalue weighted by Gasteiger charge is -2.32. The van der Waals surface area contributed by atoms with E-state index in [1.807, 2.05) is 0 Å². The fourth-order valence-electron chi connectivity index (χ4n) is 2.03. The van der Waals surface area contributed by atoms with E-state index in [2.05, 4.69) is 0 Å². The summed E-state index contributed by atoms with van der Waals surface area (Å²) in [6.07, 6.45) is 0.382. The number of morpholine rings is 1. The first kappa shape index (κ1) is 13.0. The van der Waals surface area contributed by atoms with Crippen LogP contribution in [0.15, 0.2) is 24.3 Å². The summed E-state index contributed by atoms with van der Waals surface area (Å²) >= 11 is 0. The molecule has 1 saturated heterocycles. The van der Waals surface area contributed by atoms with Crippen LogP contribution in [-0.4, -0.2) is 36.9 Å². The first-order valence-corrected chi connectivity index (χ1v) is 6.02. The number of anilines is 1. The average Bonchev–Trinajstić information content (AvgIpc) is 2.39. The SMILES string of the molecule is O=C1C(CCCO)OCCN1c1ccccc1F. The van der Waals surface area contributed by atoms with Crippen LogP contribution in [0.5, 0.6) is 0 Å². The Kier molecular flexibility index (Phi) is 4.28. The van der Waals surface area contributed by atoms with Gasteiger partial charge in [0.1, 0.15) is 11.9 Å². The predicted molar refractivity (Wildman–Crippen MR) is 64.8 cm³/mol. The molecule has 1 amide bonds. The van der Waals surface area contributed by atoms with Gasteiger partial charge in [0.2, 0.25) is 0 Å². The van der Waals surface area contributed by atoms with Crippen LogP contribution in [-0.2, 0) is 9.53 Å². The molecule has 0 saturated carbocycles. The lowest BCUT2D eigenvalue weighted by molar-refractivity contribution is -0.134. The van der Waals surface area contributed by atoms with Crippen molar-refractivity contribution in [2.24, 2.45) is 0 Å². The fourth-order valence-corrected chi connectivity index (χ4v) is 2.03. The number of carbonyl (C=O) groups is 1. The number of hydrogen-bond acceptors (Lipinski definition) is 3. The molecule has 1 heterocycles. The molecule has 1 aliphatic heterocycles. The van der Waals surface area contributed by atoms with E-state index < -0.39 is 11.9 Å². The van der Waals surface area contributed by atoms with Crippen molar-refractivity contribution in [2.45, 2.75) is 18.9 Å². The monoisotopic (exact) mass is 253 g/mol. The zero-order chi connectivity index (χ0) is 13.0. The highest BCUT2D eigenvalue weighted by Crippen LogP contribution is 2.23. The number of nitrogens with zero attached hydrogens (tertiary/aromatic N) is 1. The first-order valence-electron chi connectivity index (χ1n) is 6.02. The van der Waals surface area contributed by atoms with Crippen molar-refractivity contribution >= 4 is 11.6 Å². The molecule has 98 valence electrons. The number of amides is 1. The molecule has 4 nitrogen and oxygen atoms in total. The van der Waals surface area contributed by atoms with E-state index in [1.165, 1.54) is 11.0 Å². The molecule has 1 aromatic rings. The lowest BCUT2D eigenvalue weighted by Crippen LogP contribution is -2.48. The highest BCUT2D eigenvalue weighted by Gasteiger charge is 2.31. The highest BCUT2D eigenvalue weighted by molar-refractivity contribution is 5.97. The molecule has 0 aromatic heterocycles. The number of para-hydroxylation sites is 1. The van der Waals surface area contributed by atoms with Crippen molar-refractivity contribution in [1.82, 2.24) is 0 Å². The maximum Gasteiger partial charge on any atom is 0.256 e. The van der Waals surface area contributed by atoms with E-state index in [0.717, 1.165) is 0 Å². The van der Waals surface area contributed by atoms with Gasteiger partial charge in [-0.1, -0.05) is 12.1 Å². The van der Waals surface area contributed by atoms with Gasteiger partial charge in [-0.2, -0.15) is 0 Å². The molecule has 5 heteroatoms. The number of halogens is 1. The van der Waals surface area contributed by atoms with E-state index in [9.17, 15) is 9.18 Å². The summed E-state index contributed by atoms with van der Waals surface area (Å²) in [5.41, 5.74) is 0.291. The summed E-state index contributed by atoms with van der Waals surface area (Å²) in [4.78, 5) is 13.6. The smallest absolute Gasteiger partial charge is 0.256 e. The number of hydrogen-bond donors (Lipinski definition) is 1. The molecule has 1 unspecified atom stereocenters. The molecule has 2 rings (SSSR count). The third-order valence-corrected chi connectivity index (χ3v) is 2.94. The van der Waals surface area contributed by atoms with Gasteiger partial charge in [-0.3, -0.25) is 4.79 Å². The van der Waals surface area contributed by atoms with Gasteiger partial charge in [-0.25, -0.2) is 4.39 Å². The molecule has 1 N–H and O–H groups in total. The number of carbonyl (C=O) groups excluding carboxylic acids is 1. The molecule has 1 fully saturated rings. The van der Waals surface area contributed by atoms with Gasteiger partial charge in [0.25, 0.3) is 5.91 Å². The summed E-state index contributed by atoms with van der Waals surface area (Å²) in [6.45, 7) is 0.762. The molecule has 18 heavy (non-hydrogen) atoms. The van der Waals surface area contributed by atoms with Gasteiger partial charge in [0.05, 0.1) is 12.3 Å². The van der Waals surface area contributed by atoms with Crippen LogP contribution >= 0.6 is 0 Å². The molecular weight excluding hydrogens is 237 g/mol. The van der Waals surface area contributed by atoms with Crippen LogP contribution in [0.25, 0.3) is 0 Å². The Labute approximate surface area is 105 Å². The number of ether oxygens (including phenoxy) is 1. The van der Waals surface area contributed by atoms with Crippen LogP contribution in [0.2, 0.25) is 0 Å². The summed E-state index contributed by atoms with van der Waals surface area (Å²) in [6, 6.07) is 6.21. The largest absolute Gasteiger partial charge is 0.396 e. The predicted octanol–water partition coefficient (Wildman–Crippen LogP) is 1.33. The number of rotatable bonds is 4. The average molecular weight is 253 g/mol. The zero-order valence-electron chi connectivity index (χ0n) is 10.0. The van der Waals surface area contributed by atoms with Crippen molar-refractivity contribution in [1.29, 1.82) is 0 Å². The maximum absolute atomic E-state index is 13.7. The van der Waals surface area contributed by atoms with E-state index >= 15 is 0 Å². The zero-order valence-corrected chi connectivity index (χ0v) is 10.0. The van der Waals surface area contributed by atoms with Crippen LogP contribution < -0.4 is 4.90 Å². The van der Waals surface area contributed by atoms with E-state index in [0.29, 0.717) is 31.7 Å².